The molecule has 2 rings (SSSR count). The molecular formula is C73H134O16. The molecule has 0 saturated heterocycles. The van der Waals surface area contributed by atoms with Gasteiger partial charge in [-0.05, 0) is 242 Å². The number of carbonyl (C=O) groups is 8. The molecule has 2 fully saturated rings. The molecular weight excluding hydrogens is 1130 g/mol. The number of unbranched alkanes of at least 4 members (excludes halogenated alkanes) is 6. The zero-order chi connectivity index (χ0) is 70.0. The van der Waals surface area contributed by atoms with Gasteiger partial charge in [0.1, 0.15) is 34.6 Å². The van der Waals surface area contributed by atoms with Gasteiger partial charge in [-0.3, -0.25) is 38.4 Å². The van der Waals surface area contributed by atoms with E-state index in [1.165, 1.54) is 0 Å². The van der Waals surface area contributed by atoms with E-state index >= 15 is 0 Å². The van der Waals surface area contributed by atoms with Crippen molar-refractivity contribution in [1.29, 1.82) is 0 Å². The van der Waals surface area contributed by atoms with Crippen LogP contribution in [-0.2, 0) is 76.3 Å². The number of ether oxygens (including phenoxy) is 8. The Balaban J connectivity index is 0. The van der Waals surface area contributed by atoms with E-state index in [2.05, 4.69) is 20.8 Å². The first-order valence-electron chi connectivity index (χ1n) is 34.2. The van der Waals surface area contributed by atoms with Gasteiger partial charge < -0.3 is 37.9 Å². The Morgan fingerprint density at radius 2 is 0.618 bits per heavy atom. The van der Waals surface area contributed by atoms with Crippen molar-refractivity contribution in [3.63, 3.8) is 0 Å². The first kappa shape index (κ1) is 86.8. The molecule has 0 radical (unpaired) electrons. The van der Waals surface area contributed by atoms with Crippen LogP contribution in [0.2, 0.25) is 0 Å². The fraction of sp³-hybridized carbons (Fsp3) is 0.890. The van der Waals surface area contributed by atoms with Crippen LogP contribution in [0.15, 0.2) is 0 Å². The van der Waals surface area contributed by atoms with Crippen molar-refractivity contribution in [3.05, 3.63) is 0 Å². The van der Waals surface area contributed by atoms with E-state index in [1.807, 2.05) is 132 Å². The van der Waals surface area contributed by atoms with Gasteiger partial charge in [0.25, 0.3) is 0 Å². The first-order chi connectivity index (χ1) is 40.4. The van der Waals surface area contributed by atoms with Crippen LogP contribution in [0, 0.1) is 27.1 Å². The lowest BCUT2D eigenvalue weighted by Gasteiger charge is -2.44. The van der Waals surface area contributed by atoms with E-state index in [4.69, 9.17) is 37.9 Å². The molecule has 0 aromatic heterocycles. The van der Waals surface area contributed by atoms with Crippen molar-refractivity contribution in [1.82, 2.24) is 0 Å². The van der Waals surface area contributed by atoms with Crippen molar-refractivity contribution in [2.75, 3.05) is 6.61 Å². The van der Waals surface area contributed by atoms with Crippen LogP contribution in [-0.4, -0.2) is 93.6 Å². The maximum absolute atomic E-state index is 12.6. The molecule has 2 saturated carbocycles. The molecule has 0 amide bonds. The van der Waals surface area contributed by atoms with Crippen LogP contribution in [0.4, 0.5) is 0 Å². The molecule has 0 N–H and O–H groups in total. The number of rotatable bonds is 32. The SMILES string of the molecule is CCC(C)(C)C(=O)OC1(C(C)(C)OC(=O)C(C)(C)C)CCCC1.CCCCCC(=O)OC(C)(C)C(C)(C)OC(=O)C(C)(C)CC.CCCCCC(=O)OC(C)(C)C1(OC(=O)C(C)(C)CC)CCCC1.CCCCCC(=O)OC(C)(C)COC(=O)C(C)(C)CC. The van der Waals surface area contributed by atoms with Crippen LogP contribution in [0.5, 0.6) is 0 Å². The van der Waals surface area contributed by atoms with Gasteiger partial charge in [0, 0.05) is 19.3 Å². The molecule has 0 aliphatic heterocycles. The molecule has 16 nitrogen and oxygen atoms in total. The van der Waals surface area contributed by atoms with Crippen molar-refractivity contribution in [2.45, 2.75) is 387 Å². The highest BCUT2D eigenvalue weighted by atomic mass is 16.6. The Hall–Kier alpha value is -4.24. The largest absolute Gasteiger partial charge is 0.461 e. The van der Waals surface area contributed by atoms with Gasteiger partial charge in [-0.2, -0.15) is 0 Å². The fourth-order valence-corrected chi connectivity index (χ4v) is 8.99. The molecule has 0 spiro atoms. The maximum Gasteiger partial charge on any atom is 0.312 e. The Morgan fingerprint density at radius 3 is 0.944 bits per heavy atom. The third-order valence-electron chi connectivity index (χ3n) is 18.7. The minimum absolute atomic E-state index is 0.0920. The summed E-state index contributed by atoms with van der Waals surface area (Å²) in [5.41, 5.74) is -8.27. The van der Waals surface area contributed by atoms with E-state index in [0.717, 1.165) is 116 Å². The molecule has 0 atom stereocenters. The smallest absolute Gasteiger partial charge is 0.312 e. The van der Waals surface area contributed by atoms with Crippen LogP contribution in [0.3, 0.4) is 0 Å². The predicted octanol–water partition coefficient (Wildman–Crippen LogP) is 18.3. The summed E-state index contributed by atoms with van der Waals surface area (Å²) in [7, 11) is 0. The summed E-state index contributed by atoms with van der Waals surface area (Å²) in [6.07, 6.45) is 19.8. The molecule has 0 aromatic carbocycles. The second-order valence-corrected chi connectivity index (χ2v) is 31.3. The fourth-order valence-electron chi connectivity index (χ4n) is 8.99. The minimum Gasteiger partial charge on any atom is -0.461 e. The molecule has 0 bridgehead atoms. The second kappa shape index (κ2) is 36.9. The van der Waals surface area contributed by atoms with Gasteiger partial charge in [0.2, 0.25) is 0 Å². The van der Waals surface area contributed by atoms with Crippen molar-refractivity contribution < 1.29 is 76.3 Å². The average molecular weight is 1270 g/mol. The predicted molar refractivity (Wildman–Crippen MR) is 355 cm³/mol. The van der Waals surface area contributed by atoms with Gasteiger partial charge in [0.15, 0.2) is 11.2 Å². The first-order valence-corrected chi connectivity index (χ1v) is 34.2. The quantitative estimate of drug-likeness (QED) is 0.0348. The highest BCUT2D eigenvalue weighted by Crippen LogP contribution is 2.47. The number of carbonyl (C=O) groups excluding carboxylic acids is 8. The van der Waals surface area contributed by atoms with E-state index in [0.29, 0.717) is 38.5 Å². The third-order valence-corrected chi connectivity index (χ3v) is 18.7. The summed E-state index contributed by atoms with van der Waals surface area (Å²) in [6.45, 7) is 52.9. The molecule has 2 aliphatic carbocycles. The third kappa shape index (κ3) is 29.1. The molecule has 0 heterocycles. The molecule has 16 heteroatoms. The summed E-state index contributed by atoms with van der Waals surface area (Å²) in [5.74, 6) is -1.84. The van der Waals surface area contributed by atoms with Crippen LogP contribution in [0.25, 0.3) is 0 Å². The molecule has 522 valence electrons. The lowest BCUT2D eigenvalue weighted by Crippen LogP contribution is -2.56. The van der Waals surface area contributed by atoms with Gasteiger partial charge in [-0.15, -0.1) is 0 Å². The highest BCUT2D eigenvalue weighted by Gasteiger charge is 2.56. The second-order valence-electron chi connectivity index (χ2n) is 31.3. The summed E-state index contributed by atoms with van der Waals surface area (Å²) in [4.78, 5) is 97.6. The summed E-state index contributed by atoms with van der Waals surface area (Å²) < 4.78 is 45.6. The average Bonchev–Trinajstić information content (AvgIpc) is 1.77. The Labute approximate surface area is 542 Å². The maximum atomic E-state index is 12.6. The standard InChI is InChI=1S/C20H36O4.C19H34O4.C18H34O4.C16H30O4/c1-7-9-10-13-16(21)23-19(5,6)20(14-11-12-15-20)24-17(22)18(3,4)8-2;1-9-17(5,6)15(21)23-19(12-10-11-13-19)18(7,8)22-14(20)16(2,3)4;1-9-11-12-13-14(19)21-17(5,6)18(7,8)22-15(20)16(3,4)10-2;1-7-9-10-11-13(17)20-16(5,6)12-19-14(18)15(3,4)8-2/h7-15H2,1-6H3;9-13H2,1-8H3;9-13H2,1-8H3;7-12H2,1-6H3. The molecule has 89 heavy (non-hydrogen) atoms. The van der Waals surface area contributed by atoms with E-state index in [1.54, 1.807) is 41.5 Å². The number of hydrogen-bond acceptors (Lipinski definition) is 16. The number of esters is 8. The van der Waals surface area contributed by atoms with Crippen LogP contribution < -0.4 is 0 Å². The summed E-state index contributed by atoms with van der Waals surface area (Å²) in [5, 5.41) is 0. The molecule has 2 aliphatic rings. The zero-order valence-electron chi connectivity index (χ0n) is 62.2. The van der Waals surface area contributed by atoms with Crippen LogP contribution >= 0.6 is 0 Å². The monoisotopic (exact) mass is 1270 g/mol. The van der Waals surface area contributed by atoms with Crippen molar-refractivity contribution in [3.8, 4) is 0 Å². The summed E-state index contributed by atoms with van der Waals surface area (Å²) >= 11 is 0. The van der Waals surface area contributed by atoms with Gasteiger partial charge in [-0.1, -0.05) is 87.0 Å². The van der Waals surface area contributed by atoms with E-state index in [9.17, 15) is 38.4 Å². The van der Waals surface area contributed by atoms with E-state index < -0.39 is 66.3 Å². The normalized spacial score (nSPS) is 15.5. The van der Waals surface area contributed by atoms with Gasteiger partial charge >= 0.3 is 47.8 Å². The Kier molecular flexibility index (Phi) is 36.0. The van der Waals surface area contributed by atoms with Crippen molar-refractivity contribution in [2.24, 2.45) is 27.1 Å². The van der Waals surface area contributed by atoms with Crippen LogP contribution in [0.1, 0.15) is 348 Å². The van der Waals surface area contributed by atoms with Gasteiger partial charge in [-0.25, -0.2) is 0 Å². The molecule has 0 unspecified atom stereocenters. The lowest BCUT2D eigenvalue weighted by molar-refractivity contribution is -0.215. The van der Waals surface area contributed by atoms with E-state index in [-0.39, 0.29) is 54.4 Å². The molecule has 0 aromatic rings. The lowest BCUT2D eigenvalue weighted by atomic mass is 9.82. The topological polar surface area (TPSA) is 210 Å². The highest BCUT2D eigenvalue weighted by molar-refractivity contribution is 5.79. The minimum atomic E-state index is -0.892. The summed E-state index contributed by atoms with van der Waals surface area (Å²) in [6, 6.07) is 0. The van der Waals surface area contributed by atoms with Gasteiger partial charge in [0.05, 0.1) is 27.1 Å². The van der Waals surface area contributed by atoms with Crippen molar-refractivity contribution >= 4 is 47.8 Å². The Bertz CT molecular complexity index is 2190. The zero-order valence-corrected chi connectivity index (χ0v) is 62.2. The number of hydrogen-bond donors (Lipinski definition) is 0. The Morgan fingerprint density at radius 1 is 0.326 bits per heavy atom.